The molecule has 3 heteroatoms. The van der Waals surface area contributed by atoms with Gasteiger partial charge in [0.1, 0.15) is 0 Å². The van der Waals surface area contributed by atoms with Gasteiger partial charge >= 0.3 is 0 Å². The van der Waals surface area contributed by atoms with E-state index in [9.17, 15) is 0 Å². The van der Waals surface area contributed by atoms with Crippen LogP contribution in [0.25, 0.3) is 76.5 Å². The molecule has 0 N–H and O–H groups in total. The van der Waals surface area contributed by atoms with Crippen molar-refractivity contribution in [1.29, 1.82) is 0 Å². The first-order chi connectivity index (χ1) is 19.8. The van der Waals surface area contributed by atoms with Crippen molar-refractivity contribution in [2.75, 3.05) is 0 Å². The summed E-state index contributed by atoms with van der Waals surface area (Å²) in [4.78, 5) is 4.32. The lowest BCUT2D eigenvalue weighted by molar-refractivity contribution is 1.18. The lowest BCUT2D eigenvalue weighted by atomic mass is 10.0. The van der Waals surface area contributed by atoms with E-state index in [-0.39, 0.29) is 0 Å². The molecule has 0 saturated carbocycles. The number of rotatable bonds is 2. The average Bonchev–Trinajstić information content (AvgIpc) is 3.50. The Balaban J connectivity index is 1.48. The van der Waals surface area contributed by atoms with Crippen LogP contribution in [0.2, 0.25) is 0 Å². The van der Waals surface area contributed by atoms with Crippen molar-refractivity contribution >= 4 is 65.2 Å². The summed E-state index contributed by atoms with van der Waals surface area (Å²) in [6, 6.07) is 46.3. The van der Waals surface area contributed by atoms with Gasteiger partial charge in [-0.2, -0.15) is 0 Å². The molecule has 0 amide bonds. The van der Waals surface area contributed by atoms with Crippen molar-refractivity contribution in [2.24, 2.45) is 0 Å². The molecular formula is C37H23N3. The van der Waals surface area contributed by atoms with Gasteiger partial charge in [0.25, 0.3) is 0 Å². The fraction of sp³-hybridized carbons (Fsp3) is 0. The molecule has 0 fully saturated rings. The van der Waals surface area contributed by atoms with Crippen LogP contribution in [0, 0.1) is 0 Å². The summed E-state index contributed by atoms with van der Waals surface area (Å²) in [6.07, 6.45) is 3.80. The number of para-hydroxylation sites is 2. The smallest absolute Gasteiger partial charge is 0.0548 e. The van der Waals surface area contributed by atoms with Crippen LogP contribution in [0.3, 0.4) is 0 Å². The Kier molecular flexibility index (Phi) is 4.33. The molecule has 0 aliphatic rings. The third-order valence-electron chi connectivity index (χ3n) is 8.32. The minimum absolute atomic E-state index is 1.14. The Morgan fingerprint density at radius 2 is 1.00 bits per heavy atom. The van der Waals surface area contributed by atoms with E-state index in [4.69, 9.17) is 0 Å². The number of hydrogen-bond donors (Lipinski definition) is 0. The average molecular weight is 510 g/mol. The molecule has 3 nitrogen and oxygen atoms in total. The van der Waals surface area contributed by atoms with Gasteiger partial charge in [-0.25, -0.2) is 0 Å². The van der Waals surface area contributed by atoms with Gasteiger partial charge in [-0.05, 0) is 76.8 Å². The Bertz CT molecular complexity index is 2430. The second kappa shape index (κ2) is 8.05. The van der Waals surface area contributed by atoms with E-state index in [1.165, 1.54) is 65.5 Å². The topological polar surface area (TPSA) is 22.8 Å². The number of nitrogens with zero attached hydrogens (tertiary/aromatic N) is 3. The van der Waals surface area contributed by atoms with Crippen LogP contribution in [0.15, 0.2) is 140 Å². The van der Waals surface area contributed by atoms with E-state index in [1.54, 1.807) is 0 Å². The maximum atomic E-state index is 4.32. The van der Waals surface area contributed by atoms with Gasteiger partial charge in [0, 0.05) is 50.7 Å². The summed E-state index contributed by atoms with van der Waals surface area (Å²) >= 11 is 0. The van der Waals surface area contributed by atoms with Crippen LogP contribution >= 0.6 is 0 Å². The molecule has 40 heavy (non-hydrogen) atoms. The van der Waals surface area contributed by atoms with E-state index in [0.717, 1.165) is 11.1 Å². The zero-order valence-electron chi connectivity index (χ0n) is 21.6. The van der Waals surface area contributed by atoms with E-state index < -0.39 is 0 Å². The highest BCUT2D eigenvalue weighted by Crippen LogP contribution is 2.40. The van der Waals surface area contributed by atoms with Gasteiger partial charge in [0.05, 0.1) is 22.1 Å². The van der Waals surface area contributed by atoms with Gasteiger partial charge in [-0.1, -0.05) is 66.7 Å². The molecule has 3 heterocycles. The predicted octanol–water partition coefficient (Wildman–Crippen LogP) is 9.58. The Morgan fingerprint density at radius 3 is 1.85 bits per heavy atom. The Morgan fingerprint density at radius 1 is 0.375 bits per heavy atom. The molecule has 0 spiro atoms. The Hall–Kier alpha value is -5.41. The van der Waals surface area contributed by atoms with Crippen LogP contribution in [0.1, 0.15) is 0 Å². The number of pyridine rings is 1. The van der Waals surface area contributed by atoms with Crippen molar-refractivity contribution in [2.45, 2.75) is 0 Å². The van der Waals surface area contributed by atoms with Crippen LogP contribution in [-0.2, 0) is 0 Å². The minimum atomic E-state index is 1.14. The van der Waals surface area contributed by atoms with Crippen LogP contribution in [0.5, 0.6) is 0 Å². The summed E-state index contributed by atoms with van der Waals surface area (Å²) in [7, 11) is 0. The monoisotopic (exact) mass is 509 g/mol. The van der Waals surface area contributed by atoms with Crippen LogP contribution < -0.4 is 0 Å². The number of fused-ring (bicyclic) bond motifs is 8. The first-order valence-electron chi connectivity index (χ1n) is 13.6. The van der Waals surface area contributed by atoms with E-state index in [0.29, 0.717) is 0 Å². The summed E-state index contributed by atoms with van der Waals surface area (Å²) in [5.74, 6) is 0. The summed E-state index contributed by atoms with van der Waals surface area (Å²) in [6.45, 7) is 0. The third kappa shape index (κ3) is 2.97. The molecule has 0 bridgehead atoms. The van der Waals surface area contributed by atoms with Crippen LogP contribution in [-0.4, -0.2) is 14.1 Å². The highest BCUT2D eigenvalue weighted by molar-refractivity contribution is 6.20. The van der Waals surface area contributed by atoms with Crippen molar-refractivity contribution < 1.29 is 0 Å². The fourth-order valence-electron chi connectivity index (χ4n) is 6.51. The maximum absolute atomic E-state index is 4.32. The molecule has 0 unspecified atom stereocenters. The number of hydrogen-bond acceptors (Lipinski definition) is 1. The zero-order valence-corrected chi connectivity index (χ0v) is 21.6. The van der Waals surface area contributed by atoms with Crippen molar-refractivity contribution in [3.05, 3.63) is 140 Å². The highest BCUT2D eigenvalue weighted by atomic mass is 15.0. The molecule has 6 aromatic carbocycles. The van der Waals surface area contributed by atoms with Gasteiger partial charge in [0.15, 0.2) is 0 Å². The molecule has 9 aromatic rings. The molecule has 0 aliphatic heterocycles. The lowest BCUT2D eigenvalue weighted by Crippen LogP contribution is -1.95. The summed E-state index contributed by atoms with van der Waals surface area (Å²) < 4.78 is 4.84. The summed E-state index contributed by atoms with van der Waals surface area (Å²) in [5, 5.41) is 9.85. The molecule has 0 aliphatic carbocycles. The van der Waals surface area contributed by atoms with Gasteiger partial charge in [0.2, 0.25) is 0 Å². The SMILES string of the molecule is c1ccc(-n2c3ccccc3c3cc4c(cc32)c2cc3ccccc3cc2n4-c2ccc3cnccc3c2)cc1. The van der Waals surface area contributed by atoms with E-state index in [1.807, 2.05) is 12.4 Å². The number of aromatic nitrogens is 3. The molecule has 3 aromatic heterocycles. The molecule has 0 atom stereocenters. The standard InChI is InChI=1S/C37H23N3/c1-2-10-28(11-3-1)39-34-13-7-6-12-30(34)32-21-37-33(22-36(32)39)31-19-24-8-4-5-9-25(24)20-35(31)40(37)29-15-14-27-23-38-17-16-26(27)18-29/h1-23H. The van der Waals surface area contributed by atoms with Crippen LogP contribution in [0.4, 0.5) is 0 Å². The molecule has 0 saturated heterocycles. The van der Waals surface area contributed by atoms with Gasteiger partial charge in [-0.3, -0.25) is 4.98 Å². The Labute approximate surface area is 230 Å². The van der Waals surface area contributed by atoms with E-state index >= 15 is 0 Å². The lowest BCUT2D eigenvalue weighted by Gasteiger charge is -2.10. The predicted molar refractivity (Wildman–Crippen MR) is 168 cm³/mol. The highest BCUT2D eigenvalue weighted by Gasteiger charge is 2.19. The second-order valence-electron chi connectivity index (χ2n) is 10.5. The largest absolute Gasteiger partial charge is 0.309 e. The first kappa shape index (κ1) is 21.5. The van der Waals surface area contributed by atoms with Gasteiger partial charge < -0.3 is 9.13 Å². The molecule has 186 valence electrons. The van der Waals surface area contributed by atoms with Gasteiger partial charge in [-0.15, -0.1) is 0 Å². The van der Waals surface area contributed by atoms with E-state index in [2.05, 4.69) is 142 Å². The quantitative estimate of drug-likeness (QED) is 0.227. The number of benzene rings is 6. The molecular weight excluding hydrogens is 486 g/mol. The molecule has 0 radical (unpaired) electrons. The third-order valence-corrected chi connectivity index (χ3v) is 8.32. The zero-order chi connectivity index (χ0) is 26.2. The fourth-order valence-corrected chi connectivity index (χ4v) is 6.51. The maximum Gasteiger partial charge on any atom is 0.0548 e. The second-order valence-corrected chi connectivity index (χ2v) is 10.5. The minimum Gasteiger partial charge on any atom is -0.309 e. The van der Waals surface area contributed by atoms with Crippen molar-refractivity contribution in [3.8, 4) is 11.4 Å². The van der Waals surface area contributed by atoms with Crippen molar-refractivity contribution in [1.82, 2.24) is 14.1 Å². The first-order valence-corrected chi connectivity index (χ1v) is 13.6. The molecule has 9 rings (SSSR count). The van der Waals surface area contributed by atoms with Crippen molar-refractivity contribution in [3.63, 3.8) is 0 Å². The normalized spacial score (nSPS) is 12.0. The summed E-state index contributed by atoms with van der Waals surface area (Å²) in [5.41, 5.74) is 7.19.